The highest BCUT2D eigenvalue weighted by Crippen LogP contribution is 2.70. The van der Waals surface area contributed by atoms with Crippen molar-refractivity contribution in [3.8, 4) is 0 Å². The lowest BCUT2D eigenvalue weighted by Gasteiger charge is -2.65. The Bertz CT molecular complexity index is 1530. The predicted octanol–water partition coefficient (Wildman–Crippen LogP) is 5.53. The van der Waals surface area contributed by atoms with Gasteiger partial charge in [-0.05, 0) is 117 Å². The van der Waals surface area contributed by atoms with Gasteiger partial charge < -0.3 is 33.9 Å². The van der Waals surface area contributed by atoms with Crippen LogP contribution in [0.25, 0.3) is 0 Å². The average Bonchev–Trinajstić information content (AvgIpc) is 3.62. The number of nitrogens with zero attached hydrogens (tertiary/aromatic N) is 1. The van der Waals surface area contributed by atoms with Crippen LogP contribution in [0.3, 0.4) is 0 Å². The van der Waals surface area contributed by atoms with Gasteiger partial charge in [0, 0.05) is 23.6 Å². The monoisotopic (exact) mass is 681 g/mol. The third kappa shape index (κ3) is 5.88. The molecule has 0 bridgehead atoms. The highest BCUT2D eigenvalue weighted by molar-refractivity contribution is 5.85. The van der Waals surface area contributed by atoms with E-state index in [0.29, 0.717) is 30.7 Å². The predicted molar refractivity (Wildman–Crippen MR) is 174 cm³/mol. The van der Waals surface area contributed by atoms with Crippen molar-refractivity contribution in [2.24, 2.45) is 34.5 Å². The molecule has 2 aliphatic heterocycles. The van der Waals surface area contributed by atoms with Crippen LogP contribution in [0.15, 0.2) is 48.1 Å². The number of carbonyl (C=O) groups is 2. The fraction of sp³-hybridized carbons (Fsp3) is 0.676. The van der Waals surface area contributed by atoms with Crippen LogP contribution < -0.4 is 0 Å². The molecule has 4 saturated carbocycles. The zero-order chi connectivity index (χ0) is 34.7. The van der Waals surface area contributed by atoms with Crippen LogP contribution in [0.4, 0.5) is 10.5 Å². The number of rotatable bonds is 7. The summed E-state index contributed by atoms with van der Waals surface area (Å²) in [6.07, 6.45) is 8.11. The summed E-state index contributed by atoms with van der Waals surface area (Å²) in [5, 5.41) is 34.0. The SMILES string of the molecule is C[C@@H]1O[C@@H](O[C@H]2CC[C@@]3(C)[C@H](CC[C@@H]4[C@@H]3C[C@@H](OC(=O)OCc3ccc([N+](=O)[O-])cc3)[C@]3(C)[C@@H](C5=CC(=O)OC5)CC[C@]43O)C2)C=C[C@H]1O. The van der Waals surface area contributed by atoms with Crippen LogP contribution in [0.5, 0.6) is 0 Å². The summed E-state index contributed by atoms with van der Waals surface area (Å²) < 4.78 is 29.4. The summed E-state index contributed by atoms with van der Waals surface area (Å²) >= 11 is 0. The first-order valence-electron chi connectivity index (χ1n) is 17.7. The largest absolute Gasteiger partial charge is 0.508 e. The van der Waals surface area contributed by atoms with Crippen molar-refractivity contribution in [1.29, 1.82) is 0 Å². The number of fused-ring (bicyclic) bond motifs is 5. The Morgan fingerprint density at radius 2 is 1.84 bits per heavy atom. The maximum absolute atomic E-state index is 13.4. The number of aliphatic hydroxyl groups is 2. The molecule has 6 aliphatic rings. The zero-order valence-electron chi connectivity index (χ0n) is 28.3. The summed E-state index contributed by atoms with van der Waals surface area (Å²) in [5.41, 5.74) is -0.792. The van der Waals surface area contributed by atoms with Crippen LogP contribution >= 0.6 is 0 Å². The lowest BCUT2D eigenvalue weighted by molar-refractivity contribution is -0.384. The normalized spacial score (nSPS) is 42.7. The second-order valence-electron chi connectivity index (χ2n) is 15.5. The highest BCUT2D eigenvalue weighted by atomic mass is 16.7. The molecular weight excluding hydrogens is 634 g/mol. The molecule has 12 nitrogen and oxygen atoms in total. The summed E-state index contributed by atoms with van der Waals surface area (Å²) in [6, 6.07) is 5.80. The van der Waals surface area contributed by atoms with Crippen molar-refractivity contribution in [2.45, 2.75) is 115 Å². The number of ether oxygens (including phenoxy) is 5. The van der Waals surface area contributed by atoms with Gasteiger partial charge in [0.15, 0.2) is 6.29 Å². The Morgan fingerprint density at radius 3 is 2.53 bits per heavy atom. The maximum atomic E-state index is 13.4. The number of esters is 1. The number of nitro groups is 1. The summed E-state index contributed by atoms with van der Waals surface area (Å²) in [6.45, 7) is 6.21. The van der Waals surface area contributed by atoms with Crippen LogP contribution in [-0.4, -0.2) is 70.2 Å². The molecule has 0 spiro atoms. The van der Waals surface area contributed by atoms with Gasteiger partial charge in [-0.25, -0.2) is 9.59 Å². The first-order chi connectivity index (χ1) is 23.3. The number of hydrogen-bond acceptors (Lipinski definition) is 11. The van der Waals surface area contributed by atoms with E-state index in [1.807, 2.05) is 13.8 Å². The van der Waals surface area contributed by atoms with E-state index in [1.165, 1.54) is 30.3 Å². The van der Waals surface area contributed by atoms with E-state index in [1.54, 1.807) is 12.2 Å². The van der Waals surface area contributed by atoms with Gasteiger partial charge in [-0.2, -0.15) is 0 Å². The smallest absolute Gasteiger partial charge is 0.458 e. The van der Waals surface area contributed by atoms with E-state index >= 15 is 0 Å². The minimum Gasteiger partial charge on any atom is -0.458 e. The van der Waals surface area contributed by atoms with Gasteiger partial charge in [-0.15, -0.1) is 0 Å². The fourth-order valence-corrected chi connectivity index (χ4v) is 10.6. The second kappa shape index (κ2) is 12.8. The molecule has 12 heteroatoms. The third-order valence-corrected chi connectivity index (χ3v) is 13.4. The van der Waals surface area contributed by atoms with Gasteiger partial charge >= 0.3 is 12.1 Å². The topological polar surface area (TPSA) is 164 Å². The second-order valence-corrected chi connectivity index (χ2v) is 15.5. The molecule has 266 valence electrons. The molecule has 49 heavy (non-hydrogen) atoms. The summed E-state index contributed by atoms with van der Waals surface area (Å²) in [7, 11) is 0. The quantitative estimate of drug-likeness (QED) is 0.161. The van der Waals surface area contributed by atoms with Gasteiger partial charge in [0.25, 0.3) is 5.69 Å². The van der Waals surface area contributed by atoms with Crippen LogP contribution in [0.1, 0.15) is 77.7 Å². The number of hydrogen-bond donors (Lipinski definition) is 2. The Hall–Kier alpha value is -3.32. The van der Waals surface area contributed by atoms with Crippen molar-refractivity contribution < 1.29 is 48.4 Å². The number of cyclic esters (lactones) is 1. The number of carbonyl (C=O) groups excluding carboxylic acids is 2. The van der Waals surface area contributed by atoms with Gasteiger partial charge in [0.1, 0.15) is 19.3 Å². The van der Waals surface area contributed by atoms with Crippen molar-refractivity contribution >= 4 is 17.8 Å². The van der Waals surface area contributed by atoms with Crippen molar-refractivity contribution in [2.75, 3.05) is 6.61 Å². The van der Waals surface area contributed by atoms with Crippen molar-refractivity contribution in [1.82, 2.24) is 0 Å². The Kier molecular flexibility index (Phi) is 8.90. The number of aliphatic hydroxyl groups excluding tert-OH is 1. The average molecular weight is 682 g/mol. The van der Waals surface area contributed by atoms with Gasteiger partial charge in [-0.3, -0.25) is 10.1 Å². The minimum atomic E-state index is -1.14. The van der Waals surface area contributed by atoms with Gasteiger partial charge in [-0.1, -0.05) is 19.9 Å². The molecule has 0 radical (unpaired) electrons. The molecule has 1 aromatic carbocycles. The molecule has 2 N–H and O–H groups in total. The number of non-ortho nitro benzene ring substituents is 1. The van der Waals surface area contributed by atoms with Crippen molar-refractivity contribution in [3.63, 3.8) is 0 Å². The first-order valence-corrected chi connectivity index (χ1v) is 17.7. The minimum absolute atomic E-state index is 0.00723. The zero-order valence-corrected chi connectivity index (χ0v) is 28.3. The molecular formula is C37H47NO11. The van der Waals surface area contributed by atoms with Gasteiger partial charge in [0.05, 0.1) is 28.8 Å². The molecule has 12 atom stereocenters. The molecule has 0 unspecified atom stereocenters. The van der Waals surface area contributed by atoms with E-state index in [-0.39, 0.29) is 54.3 Å². The van der Waals surface area contributed by atoms with E-state index in [9.17, 15) is 29.9 Å². The molecule has 0 aromatic heterocycles. The number of nitro benzene ring substituents is 1. The molecule has 4 aliphatic carbocycles. The van der Waals surface area contributed by atoms with Crippen LogP contribution in [0.2, 0.25) is 0 Å². The van der Waals surface area contributed by atoms with Crippen molar-refractivity contribution in [3.05, 3.63) is 63.7 Å². The molecule has 4 fully saturated rings. The lowest BCUT2D eigenvalue weighted by atomic mass is 9.42. The Morgan fingerprint density at radius 1 is 1.06 bits per heavy atom. The molecule has 0 amide bonds. The highest BCUT2D eigenvalue weighted by Gasteiger charge is 2.72. The molecule has 7 rings (SSSR count). The van der Waals surface area contributed by atoms with E-state index in [0.717, 1.165) is 37.7 Å². The summed E-state index contributed by atoms with van der Waals surface area (Å²) in [5.74, 6) is -0.201. The Labute approximate surface area is 285 Å². The fourth-order valence-electron chi connectivity index (χ4n) is 10.6. The van der Waals surface area contributed by atoms with Gasteiger partial charge in [0.2, 0.25) is 0 Å². The molecule has 0 saturated heterocycles. The van der Waals surface area contributed by atoms with Crippen LogP contribution in [0, 0.1) is 44.6 Å². The van der Waals surface area contributed by atoms with E-state index in [2.05, 4.69) is 6.92 Å². The summed E-state index contributed by atoms with van der Waals surface area (Å²) in [4.78, 5) is 36.1. The maximum Gasteiger partial charge on any atom is 0.508 e. The van der Waals surface area contributed by atoms with E-state index < -0.39 is 46.6 Å². The van der Waals surface area contributed by atoms with E-state index in [4.69, 9.17) is 23.7 Å². The lowest BCUT2D eigenvalue weighted by Crippen LogP contribution is -2.67. The molecule has 2 heterocycles. The first kappa shape index (κ1) is 34.1. The number of benzene rings is 1. The standard InChI is InChI=1S/C37H47NO11/c1-21-30(39)10-11-33(47-21)48-26-12-14-35(2)24(17-26)6-9-28-29(35)18-31(49-34(41)46-19-22-4-7-25(8-5-22)38(43)44)36(3)27(13-15-37(28,36)42)23-16-32(40)45-20-23/h4-5,7-8,10-11,16,21,24,26-31,33,39,42H,6,9,12-15,17-20H2,1-3H3/t21-,24+,26-,27+,28+,29-,30+,31+,33-,35-,36-,37-/m0/s1. The third-order valence-electron chi connectivity index (χ3n) is 13.4. The van der Waals surface area contributed by atoms with Crippen LogP contribution in [-0.2, 0) is 35.1 Å². The Balaban J connectivity index is 1.12. The molecule has 1 aromatic rings.